The van der Waals surface area contributed by atoms with E-state index in [1.165, 1.54) is 5.56 Å². The first kappa shape index (κ1) is 10.7. The highest BCUT2D eigenvalue weighted by Crippen LogP contribution is 2.10. The van der Waals surface area contributed by atoms with Gasteiger partial charge in [0.05, 0.1) is 6.54 Å². The van der Waals surface area contributed by atoms with Crippen molar-refractivity contribution in [3.8, 4) is 5.75 Å². The molecule has 1 aromatic carbocycles. The molecule has 0 N–H and O–H groups in total. The molecule has 0 spiro atoms. The van der Waals surface area contributed by atoms with Crippen molar-refractivity contribution in [2.75, 3.05) is 0 Å². The molecular formula is C13H17N2O+. The van der Waals surface area contributed by atoms with Crippen molar-refractivity contribution in [2.24, 2.45) is 0 Å². The smallest absolute Gasteiger partial charge is 0.246 e. The summed E-state index contributed by atoms with van der Waals surface area (Å²) in [6.07, 6.45) is 6.09. The van der Waals surface area contributed by atoms with Crippen LogP contribution < -0.4 is 9.30 Å². The Kier molecular flexibility index (Phi) is 3.25. The third-order valence-corrected chi connectivity index (χ3v) is 2.51. The Balaban J connectivity index is 1.94. The van der Waals surface area contributed by atoms with Gasteiger partial charge < -0.3 is 4.74 Å². The van der Waals surface area contributed by atoms with E-state index in [2.05, 4.69) is 30.5 Å². The quantitative estimate of drug-likeness (QED) is 0.718. The molecule has 1 heterocycles. The van der Waals surface area contributed by atoms with Gasteiger partial charge >= 0.3 is 0 Å². The molecule has 3 nitrogen and oxygen atoms in total. The SMILES string of the molecule is CCn1cc[n+](COc2ccc(C)cc2)c1. The van der Waals surface area contributed by atoms with Crippen molar-refractivity contribution < 1.29 is 9.30 Å². The Morgan fingerprint density at radius 2 is 2.00 bits per heavy atom. The van der Waals surface area contributed by atoms with Crippen LogP contribution in [0, 0.1) is 6.92 Å². The predicted molar refractivity (Wildman–Crippen MR) is 62.1 cm³/mol. The van der Waals surface area contributed by atoms with Gasteiger partial charge in [-0.15, -0.1) is 0 Å². The molecule has 0 fully saturated rings. The van der Waals surface area contributed by atoms with Crippen LogP contribution in [0.25, 0.3) is 0 Å². The third-order valence-electron chi connectivity index (χ3n) is 2.51. The summed E-state index contributed by atoms with van der Waals surface area (Å²) in [5.41, 5.74) is 1.25. The van der Waals surface area contributed by atoms with Gasteiger partial charge in [0.25, 0.3) is 0 Å². The van der Waals surface area contributed by atoms with Gasteiger partial charge in [-0.25, -0.2) is 9.13 Å². The van der Waals surface area contributed by atoms with Gasteiger partial charge in [0.2, 0.25) is 13.1 Å². The molecule has 2 rings (SSSR count). The van der Waals surface area contributed by atoms with Crippen LogP contribution in [-0.2, 0) is 13.3 Å². The summed E-state index contributed by atoms with van der Waals surface area (Å²) < 4.78 is 9.78. The average molecular weight is 217 g/mol. The fourth-order valence-electron chi connectivity index (χ4n) is 1.49. The van der Waals surface area contributed by atoms with Crippen molar-refractivity contribution in [3.63, 3.8) is 0 Å². The molecule has 3 heteroatoms. The number of aromatic nitrogens is 2. The first-order valence-corrected chi connectivity index (χ1v) is 5.52. The molecule has 0 unspecified atom stereocenters. The van der Waals surface area contributed by atoms with E-state index in [0.717, 1.165) is 12.3 Å². The summed E-state index contributed by atoms with van der Waals surface area (Å²) >= 11 is 0. The largest absolute Gasteiger partial charge is 0.454 e. The van der Waals surface area contributed by atoms with Crippen molar-refractivity contribution in [2.45, 2.75) is 27.1 Å². The van der Waals surface area contributed by atoms with Gasteiger partial charge in [0.1, 0.15) is 18.1 Å². The first-order chi connectivity index (χ1) is 7.78. The summed E-state index contributed by atoms with van der Waals surface area (Å²) in [5.74, 6) is 0.905. The molecule has 0 aliphatic carbocycles. The first-order valence-electron chi connectivity index (χ1n) is 5.52. The lowest BCUT2D eigenvalue weighted by Gasteiger charge is -2.03. The van der Waals surface area contributed by atoms with Gasteiger partial charge in [-0.3, -0.25) is 0 Å². The van der Waals surface area contributed by atoms with E-state index < -0.39 is 0 Å². The van der Waals surface area contributed by atoms with E-state index >= 15 is 0 Å². The highest BCUT2D eigenvalue weighted by atomic mass is 16.5. The Bertz CT molecular complexity index is 445. The number of hydrogen-bond donors (Lipinski definition) is 0. The van der Waals surface area contributed by atoms with Crippen molar-refractivity contribution in [1.82, 2.24) is 4.57 Å². The monoisotopic (exact) mass is 217 g/mol. The summed E-state index contributed by atoms with van der Waals surface area (Å²) in [5, 5.41) is 0. The molecule has 16 heavy (non-hydrogen) atoms. The van der Waals surface area contributed by atoms with Crippen molar-refractivity contribution >= 4 is 0 Å². The Labute approximate surface area is 95.9 Å². The number of hydrogen-bond acceptors (Lipinski definition) is 1. The minimum atomic E-state index is 0.552. The lowest BCUT2D eigenvalue weighted by molar-refractivity contribution is -0.724. The fraction of sp³-hybridized carbons (Fsp3) is 0.308. The number of aryl methyl sites for hydroxylation is 2. The summed E-state index contributed by atoms with van der Waals surface area (Å²) in [6.45, 7) is 5.72. The second-order valence-corrected chi connectivity index (χ2v) is 3.84. The molecule has 0 saturated carbocycles. The summed E-state index contributed by atoms with van der Waals surface area (Å²) in [7, 11) is 0. The minimum absolute atomic E-state index is 0.552. The molecule has 2 aromatic rings. The minimum Gasteiger partial charge on any atom is -0.454 e. The number of imidazole rings is 1. The van der Waals surface area contributed by atoms with Crippen LogP contribution in [0.15, 0.2) is 43.0 Å². The van der Waals surface area contributed by atoms with Crippen LogP contribution in [0.2, 0.25) is 0 Å². The van der Waals surface area contributed by atoms with E-state index in [-0.39, 0.29) is 0 Å². The highest BCUT2D eigenvalue weighted by molar-refractivity contribution is 5.25. The summed E-state index contributed by atoms with van der Waals surface area (Å²) in [4.78, 5) is 0. The molecule has 0 aliphatic heterocycles. The standard InChI is InChI=1S/C13H17N2O/c1-3-14-8-9-15(10-14)11-16-13-6-4-12(2)5-7-13/h4-10H,3,11H2,1-2H3/q+1. The van der Waals surface area contributed by atoms with E-state index in [1.54, 1.807) is 0 Å². The Morgan fingerprint density at radius 3 is 2.62 bits per heavy atom. The maximum absolute atomic E-state index is 5.65. The molecule has 0 amide bonds. The molecular weight excluding hydrogens is 200 g/mol. The normalized spacial score (nSPS) is 10.4. The van der Waals surface area contributed by atoms with Crippen molar-refractivity contribution in [1.29, 1.82) is 0 Å². The molecule has 0 atom stereocenters. The van der Waals surface area contributed by atoms with E-state index in [9.17, 15) is 0 Å². The van der Waals surface area contributed by atoms with Crippen LogP contribution in [0.4, 0.5) is 0 Å². The number of nitrogens with zero attached hydrogens (tertiary/aromatic N) is 2. The lowest BCUT2D eigenvalue weighted by Crippen LogP contribution is -2.34. The van der Waals surface area contributed by atoms with E-state index in [1.807, 2.05) is 35.4 Å². The second kappa shape index (κ2) is 4.84. The molecule has 0 saturated heterocycles. The van der Waals surface area contributed by atoms with Gasteiger partial charge in [-0.05, 0) is 26.0 Å². The van der Waals surface area contributed by atoms with E-state index in [4.69, 9.17) is 4.74 Å². The van der Waals surface area contributed by atoms with Gasteiger partial charge in [0.15, 0.2) is 0 Å². The van der Waals surface area contributed by atoms with E-state index in [0.29, 0.717) is 6.73 Å². The molecule has 0 radical (unpaired) electrons. The topological polar surface area (TPSA) is 18.0 Å². The number of rotatable bonds is 4. The Hall–Kier alpha value is -1.77. The lowest BCUT2D eigenvalue weighted by atomic mass is 10.2. The zero-order valence-electron chi connectivity index (χ0n) is 9.76. The maximum atomic E-state index is 5.65. The maximum Gasteiger partial charge on any atom is 0.246 e. The predicted octanol–water partition coefficient (Wildman–Crippen LogP) is 2.14. The third kappa shape index (κ3) is 2.63. The van der Waals surface area contributed by atoms with Gasteiger partial charge in [-0.2, -0.15) is 0 Å². The van der Waals surface area contributed by atoms with Crippen LogP contribution in [-0.4, -0.2) is 4.57 Å². The van der Waals surface area contributed by atoms with Crippen LogP contribution in [0.1, 0.15) is 12.5 Å². The second-order valence-electron chi connectivity index (χ2n) is 3.84. The van der Waals surface area contributed by atoms with Crippen molar-refractivity contribution in [3.05, 3.63) is 48.5 Å². The van der Waals surface area contributed by atoms with Gasteiger partial charge in [-0.1, -0.05) is 17.7 Å². The molecule has 1 aromatic heterocycles. The van der Waals surface area contributed by atoms with Crippen LogP contribution in [0.3, 0.4) is 0 Å². The highest BCUT2D eigenvalue weighted by Gasteiger charge is 2.01. The van der Waals surface area contributed by atoms with Gasteiger partial charge in [0, 0.05) is 0 Å². The number of ether oxygens (including phenoxy) is 1. The Morgan fingerprint density at radius 1 is 1.25 bits per heavy atom. The average Bonchev–Trinajstić information content (AvgIpc) is 2.76. The molecule has 0 aliphatic rings. The zero-order chi connectivity index (χ0) is 11.4. The molecule has 84 valence electrons. The number of benzene rings is 1. The van der Waals surface area contributed by atoms with Crippen LogP contribution in [0.5, 0.6) is 5.75 Å². The zero-order valence-corrected chi connectivity index (χ0v) is 9.76. The molecule has 0 bridgehead atoms. The summed E-state index contributed by atoms with van der Waals surface area (Å²) in [6, 6.07) is 8.09. The van der Waals surface area contributed by atoms with Crippen LogP contribution >= 0.6 is 0 Å². The fourth-order valence-corrected chi connectivity index (χ4v) is 1.49.